The zero-order valence-corrected chi connectivity index (χ0v) is 12.1. The first kappa shape index (κ1) is 13.6. The minimum atomic E-state index is -0.872. The van der Waals surface area contributed by atoms with Gasteiger partial charge in [0.05, 0.1) is 22.1 Å². The van der Waals surface area contributed by atoms with Gasteiger partial charge in [-0.05, 0) is 30.7 Å². The second-order valence-corrected chi connectivity index (χ2v) is 5.31. The topological polar surface area (TPSA) is 55.1 Å². The van der Waals surface area contributed by atoms with Crippen molar-refractivity contribution in [1.82, 2.24) is 9.78 Å². The van der Waals surface area contributed by atoms with Gasteiger partial charge < -0.3 is 5.11 Å². The fraction of sp³-hybridized carbons (Fsp3) is 0.125. The molecule has 21 heavy (non-hydrogen) atoms. The fourth-order valence-corrected chi connectivity index (χ4v) is 2.48. The van der Waals surface area contributed by atoms with Crippen LogP contribution in [0.15, 0.2) is 48.7 Å². The van der Waals surface area contributed by atoms with Gasteiger partial charge in [-0.3, -0.25) is 4.79 Å². The Morgan fingerprint density at radius 3 is 2.71 bits per heavy atom. The molecule has 4 nitrogen and oxygen atoms in total. The summed E-state index contributed by atoms with van der Waals surface area (Å²) in [6, 6.07) is 13.0. The summed E-state index contributed by atoms with van der Waals surface area (Å²) in [5.74, 6) is -1.46. The van der Waals surface area contributed by atoms with E-state index in [1.54, 1.807) is 29.8 Å². The zero-order chi connectivity index (χ0) is 15.0. The lowest BCUT2D eigenvalue weighted by molar-refractivity contribution is -0.138. The summed E-state index contributed by atoms with van der Waals surface area (Å²) in [5.41, 5.74) is 2.29. The summed E-state index contributed by atoms with van der Waals surface area (Å²) in [4.78, 5) is 11.0. The molecule has 1 aromatic heterocycles. The highest BCUT2D eigenvalue weighted by atomic mass is 35.5. The SMILES string of the molecule is CC(C(=O)O)c1ccc(-n2cc3ccccc3n2)c(Cl)c1. The Morgan fingerprint density at radius 1 is 1.29 bits per heavy atom. The van der Waals surface area contributed by atoms with E-state index in [2.05, 4.69) is 5.10 Å². The molecule has 106 valence electrons. The second kappa shape index (κ2) is 5.22. The molecule has 5 heteroatoms. The number of carboxylic acid groups (broad SMARTS) is 1. The smallest absolute Gasteiger partial charge is 0.310 e. The predicted molar refractivity (Wildman–Crippen MR) is 82.1 cm³/mol. The van der Waals surface area contributed by atoms with Gasteiger partial charge in [0.2, 0.25) is 0 Å². The van der Waals surface area contributed by atoms with Gasteiger partial charge in [0.15, 0.2) is 0 Å². The molecule has 0 radical (unpaired) electrons. The molecule has 3 aromatic rings. The summed E-state index contributed by atoms with van der Waals surface area (Å²) in [6.45, 7) is 1.63. The standard InChI is InChI=1S/C16H13ClN2O2/c1-10(16(20)21)11-6-7-15(13(17)8-11)19-9-12-4-2-3-5-14(12)18-19/h2-10H,1H3,(H,20,21). The average molecular weight is 301 g/mol. The largest absolute Gasteiger partial charge is 0.481 e. The van der Waals surface area contributed by atoms with Crippen LogP contribution in [0.1, 0.15) is 18.4 Å². The molecule has 0 aliphatic carbocycles. The molecule has 1 atom stereocenters. The Hall–Kier alpha value is -2.33. The summed E-state index contributed by atoms with van der Waals surface area (Å²) < 4.78 is 1.71. The number of halogens is 1. The maximum Gasteiger partial charge on any atom is 0.310 e. The molecule has 1 heterocycles. The van der Waals surface area contributed by atoms with Gasteiger partial charge >= 0.3 is 5.97 Å². The van der Waals surface area contributed by atoms with Gasteiger partial charge in [0.25, 0.3) is 0 Å². The highest BCUT2D eigenvalue weighted by molar-refractivity contribution is 6.32. The van der Waals surface area contributed by atoms with E-state index in [4.69, 9.17) is 16.7 Å². The van der Waals surface area contributed by atoms with Crippen molar-refractivity contribution in [2.75, 3.05) is 0 Å². The molecule has 0 aliphatic rings. The van der Waals surface area contributed by atoms with Crippen LogP contribution in [0, 0.1) is 0 Å². The molecule has 0 saturated carbocycles. The number of fused-ring (bicyclic) bond motifs is 1. The van der Waals surface area contributed by atoms with E-state index in [0.29, 0.717) is 10.6 Å². The van der Waals surface area contributed by atoms with Crippen molar-refractivity contribution in [2.24, 2.45) is 0 Å². The predicted octanol–water partition coefficient (Wildman–Crippen LogP) is 3.87. The molecular weight excluding hydrogens is 288 g/mol. The van der Waals surface area contributed by atoms with Gasteiger partial charge in [-0.1, -0.05) is 35.9 Å². The Labute approximate surface area is 126 Å². The van der Waals surface area contributed by atoms with E-state index in [0.717, 1.165) is 16.6 Å². The maximum atomic E-state index is 11.0. The van der Waals surface area contributed by atoms with Crippen molar-refractivity contribution < 1.29 is 9.90 Å². The number of carbonyl (C=O) groups is 1. The van der Waals surface area contributed by atoms with E-state index in [1.807, 2.05) is 30.5 Å². The normalized spacial score (nSPS) is 12.5. The van der Waals surface area contributed by atoms with Crippen molar-refractivity contribution in [2.45, 2.75) is 12.8 Å². The van der Waals surface area contributed by atoms with Crippen LogP contribution in [0.3, 0.4) is 0 Å². The van der Waals surface area contributed by atoms with Crippen LogP contribution in [0.4, 0.5) is 0 Å². The zero-order valence-electron chi connectivity index (χ0n) is 11.3. The molecule has 3 rings (SSSR count). The lowest BCUT2D eigenvalue weighted by Gasteiger charge is -2.10. The molecule has 2 aromatic carbocycles. The maximum absolute atomic E-state index is 11.0. The number of aliphatic carboxylic acids is 1. The number of aromatic nitrogens is 2. The number of benzene rings is 2. The molecular formula is C16H13ClN2O2. The third-order valence-electron chi connectivity index (χ3n) is 3.50. The van der Waals surface area contributed by atoms with Gasteiger partial charge in [-0.25, -0.2) is 4.68 Å². The minimum Gasteiger partial charge on any atom is -0.481 e. The third kappa shape index (κ3) is 2.50. The number of rotatable bonds is 3. The number of nitrogens with zero attached hydrogens (tertiary/aromatic N) is 2. The van der Waals surface area contributed by atoms with E-state index >= 15 is 0 Å². The quantitative estimate of drug-likeness (QED) is 0.799. The highest BCUT2D eigenvalue weighted by Crippen LogP contribution is 2.26. The fourth-order valence-electron chi connectivity index (χ4n) is 2.21. The first-order valence-corrected chi connectivity index (χ1v) is 6.91. The van der Waals surface area contributed by atoms with Crippen molar-refractivity contribution in [3.63, 3.8) is 0 Å². The lowest BCUT2D eigenvalue weighted by Crippen LogP contribution is -2.07. The van der Waals surface area contributed by atoms with Crippen molar-refractivity contribution >= 4 is 28.5 Å². The van der Waals surface area contributed by atoms with Crippen LogP contribution in [-0.2, 0) is 4.79 Å². The van der Waals surface area contributed by atoms with Gasteiger partial charge in [0.1, 0.15) is 0 Å². The van der Waals surface area contributed by atoms with E-state index in [9.17, 15) is 4.79 Å². The molecule has 0 spiro atoms. The molecule has 0 amide bonds. The average Bonchev–Trinajstić information content (AvgIpc) is 2.89. The molecule has 0 aliphatic heterocycles. The molecule has 0 bridgehead atoms. The summed E-state index contributed by atoms with van der Waals surface area (Å²) in [7, 11) is 0. The summed E-state index contributed by atoms with van der Waals surface area (Å²) >= 11 is 6.29. The Kier molecular flexibility index (Phi) is 3.39. The Balaban J connectivity index is 2.04. The monoisotopic (exact) mass is 300 g/mol. The number of carboxylic acids is 1. The third-order valence-corrected chi connectivity index (χ3v) is 3.81. The van der Waals surface area contributed by atoms with Crippen molar-refractivity contribution in [3.8, 4) is 5.69 Å². The van der Waals surface area contributed by atoms with Crippen molar-refractivity contribution in [1.29, 1.82) is 0 Å². The number of hydrogen-bond donors (Lipinski definition) is 1. The van der Waals surface area contributed by atoms with E-state index in [-0.39, 0.29) is 0 Å². The van der Waals surface area contributed by atoms with Crippen LogP contribution < -0.4 is 0 Å². The van der Waals surface area contributed by atoms with Crippen molar-refractivity contribution in [3.05, 3.63) is 59.2 Å². The lowest BCUT2D eigenvalue weighted by atomic mass is 10.0. The van der Waals surface area contributed by atoms with Crippen LogP contribution >= 0.6 is 11.6 Å². The summed E-state index contributed by atoms with van der Waals surface area (Å²) in [5, 5.41) is 15.0. The molecule has 0 saturated heterocycles. The summed E-state index contributed by atoms with van der Waals surface area (Å²) in [6.07, 6.45) is 1.90. The molecule has 1 N–H and O–H groups in total. The van der Waals surface area contributed by atoms with Gasteiger partial charge in [-0.15, -0.1) is 0 Å². The first-order chi connectivity index (χ1) is 10.1. The van der Waals surface area contributed by atoms with Crippen LogP contribution in [0.5, 0.6) is 0 Å². The van der Waals surface area contributed by atoms with E-state index in [1.165, 1.54) is 0 Å². The Bertz CT molecular complexity index is 793. The van der Waals surface area contributed by atoms with Crippen LogP contribution in [-0.4, -0.2) is 20.9 Å². The Morgan fingerprint density at radius 2 is 2.05 bits per heavy atom. The van der Waals surface area contributed by atoms with E-state index < -0.39 is 11.9 Å². The van der Waals surface area contributed by atoms with Crippen LogP contribution in [0.2, 0.25) is 5.02 Å². The van der Waals surface area contributed by atoms with Crippen LogP contribution in [0.25, 0.3) is 16.6 Å². The highest BCUT2D eigenvalue weighted by Gasteiger charge is 2.15. The minimum absolute atomic E-state index is 0.480. The second-order valence-electron chi connectivity index (χ2n) is 4.90. The first-order valence-electron chi connectivity index (χ1n) is 6.53. The molecule has 1 unspecified atom stereocenters. The van der Waals surface area contributed by atoms with Gasteiger partial charge in [0, 0.05) is 11.6 Å². The van der Waals surface area contributed by atoms with Gasteiger partial charge in [-0.2, -0.15) is 5.10 Å². The molecule has 0 fully saturated rings. The number of hydrogen-bond acceptors (Lipinski definition) is 2.